The molecule has 0 saturated heterocycles. The number of hydrogen-bond acceptors (Lipinski definition) is 4. The summed E-state index contributed by atoms with van der Waals surface area (Å²) in [6, 6.07) is 7.51. The van der Waals surface area contributed by atoms with Crippen LogP contribution in [0.3, 0.4) is 0 Å². The Morgan fingerprint density at radius 3 is 2.64 bits per heavy atom. The number of carboxylic acids is 1. The molecule has 0 aliphatic heterocycles. The smallest absolute Gasteiger partial charge is 0.310 e. The van der Waals surface area contributed by atoms with Crippen LogP contribution in [0.5, 0.6) is 0 Å². The Balaban J connectivity index is 1.84. The van der Waals surface area contributed by atoms with Crippen molar-refractivity contribution < 1.29 is 27.5 Å². The molecule has 0 spiro atoms. The van der Waals surface area contributed by atoms with Crippen LogP contribution in [-0.2, 0) is 26.0 Å². The van der Waals surface area contributed by atoms with Crippen molar-refractivity contribution in [2.75, 3.05) is 0 Å². The maximum Gasteiger partial charge on any atom is 0.310 e. The van der Waals surface area contributed by atoms with Gasteiger partial charge in [0, 0.05) is 6.42 Å². The van der Waals surface area contributed by atoms with Gasteiger partial charge in [0.05, 0.1) is 16.0 Å². The lowest BCUT2D eigenvalue weighted by molar-refractivity contribution is -0.140. The van der Waals surface area contributed by atoms with Crippen molar-refractivity contribution in [3.05, 3.63) is 70.0 Å². The summed E-state index contributed by atoms with van der Waals surface area (Å²) < 4.78 is 41.0. The average Bonchev–Trinajstić information content (AvgIpc) is 3.00. The molecule has 0 radical (unpaired) electrons. The highest BCUT2D eigenvalue weighted by atomic mass is 35.5. The minimum Gasteiger partial charge on any atom is -0.481 e. The van der Waals surface area contributed by atoms with E-state index in [1.165, 1.54) is 0 Å². The Morgan fingerprint density at radius 2 is 1.96 bits per heavy atom. The number of carbonyl (C=O) groups excluding carboxylic acids is 1. The van der Waals surface area contributed by atoms with Gasteiger partial charge in [-0.25, -0.2) is 12.8 Å². The van der Waals surface area contributed by atoms with Crippen LogP contribution in [0.1, 0.15) is 29.2 Å². The summed E-state index contributed by atoms with van der Waals surface area (Å²) in [6.07, 6.45) is 2.67. The van der Waals surface area contributed by atoms with E-state index in [0.717, 1.165) is 18.2 Å². The lowest BCUT2D eigenvalue weighted by Gasteiger charge is -2.15. The van der Waals surface area contributed by atoms with Crippen LogP contribution in [0.2, 0.25) is 5.02 Å². The molecular weight excluding hydrogens is 409 g/mol. The van der Waals surface area contributed by atoms with Gasteiger partial charge in [-0.1, -0.05) is 42.0 Å². The van der Waals surface area contributed by atoms with Gasteiger partial charge < -0.3 is 5.11 Å². The maximum atomic E-state index is 13.3. The fourth-order valence-electron chi connectivity index (χ4n) is 2.98. The fourth-order valence-corrected chi connectivity index (χ4v) is 4.42. The molecule has 9 heteroatoms. The molecular formula is C19H15ClFNO5S. The number of halogens is 2. The summed E-state index contributed by atoms with van der Waals surface area (Å²) in [5.74, 6) is -2.36. The third kappa shape index (κ3) is 4.30. The van der Waals surface area contributed by atoms with Crippen LogP contribution in [0.25, 0.3) is 6.08 Å². The van der Waals surface area contributed by atoms with Gasteiger partial charge in [-0.15, -0.1) is 0 Å². The first-order chi connectivity index (χ1) is 13.2. The molecule has 0 amide bonds. The molecule has 28 heavy (non-hydrogen) atoms. The second-order valence-corrected chi connectivity index (χ2v) is 8.36. The summed E-state index contributed by atoms with van der Waals surface area (Å²) in [4.78, 5) is 22.3. The average molecular weight is 424 g/mol. The second kappa shape index (κ2) is 7.83. The number of carboxylic acid groups (broad SMARTS) is 1. The number of sulfonamides is 1. The molecule has 146 valence electrons. The minimum atomic E-state index is -3.97. The predicted molar refractivity (Wildman–Crippen MR) is 101 cm³/mol. The summed E-state index contributed by atoms with van der Waals surface area (Å²) in [5, 5.41) is 8.42. The highest BCUT2D eigenvalue weighted by Gasteiger charge is 2.26. The topological polar surface area (TPSA) is 101 Å². The van der Waals surface area contributed by atoms with Crippen molar-refractivity contribution in [1.82, 2.24) is 4.72 Å². The van der Waals surface area contributed by atoms with Crippen molar-refractivity contribution in [2.24, 2.45) is 0 Å². The zero-order valence-electron chi connectivity index (χ0n) is 14.4. The molecule has 3 rings (SSSR count). The first-order valence-electron chi connectivity index (χ1n) is 8.18. The van der Waals surface area contributed by atoms with Gasteiger partial charge in [0.1, 0.15) is 18.0 Å². The molecule has 6 nitrogen and oxygen atoms in total. The highest BCUT2D eigenvalue weighted by molar-refractivity contribution is 7.89. The SMILES string of the molecule is O=C(O)CC(=O)Cc1cccc2c1C=CC2NS(=O)(=O)c1ccc(F)c(Cl)c1. The monoisotopic (exact) mass is 423 g/mol. The molecule has 0 fully saturated rings. The molecule has 0 aromatic heterocycles. The van der Waals surface area contributed by atoms with E-state index in [1.807, 2.05) is 0 Å². The van der Waals surface area contributed by atoms with E-state index in [1.54, 1.807) is 30.4 Å². The van der Waals surface area contributed by atoms with Gasteiger partial charge in [-0.05, 0) is 34.9 Å². The number of aliphatic carboxylic acids is 1. The van der Waals surface area contributed by atoms with E-state index in [9.17, 15) is 22.4 Å². The largest absolute Gasteiger partial charge is 0.481 e. The fraction of sp³-hybridized carbons (Fsp3) is 0.158. The van der Waals surface area contributed by atoms with Crippen LogP contribution < -0.4 is 4.72 Å². The Morgan fingerprint density at radius 1 is 1.21 bits per heavy atom. The van der Waals surface area contributed by atoms with Gasteiger partial charge in [0.2, 0.25) is 10.0 Å². The zero-order chi connectivity index (χ0) is 20.5. The van der Waals surface area contributed by atoms with Crippen molar-refractivity contribution in [2.45, 2.75) is 23.8 Å². The lowest BCUT2D eigenvalue weighted by atomic mass is 9.97. The third-order valence-corrected chi connectivity index (χ3v) is 5.97. The first kappa shape index (κ1) is 20.2. The number of carbonyl (C=O) groups is 2. The van der Waals surface area contributed by atoms with Crippen LogP contribution in [0.15, 0.2) is 47.4 Å². The normalized spacial score (nSPS) is 15.4. The number of rotatable bonds is 7. The van der Waals surface area contributed by atoms with Crippen molar-refractivity contribution in [1.29, 1.82) is 0 Å². The molecule has 0 bridgehead atoms. The number of hydrogen-bond donors (Lipinski definition) is 2. The summed E-state index contributed by atoms with van der Waals surface area (Å²) in [6.45, 7) is 0. The van der Waals surface area contributed by atoms with Crippen LogP contribution >= 0.6 is 11.6 Å². The van der Waals surface area contributed by atoms with Crippen molar-refractivity contribution in [3.63, 3.8) is 0 Å². The maximum absolute atomic E-state index is 13.3. The van der Waals surface area contributed by atoms with E-state index >= 15 is 0 Å². The lowest BCUT2D eigenvalue weighted by Crippen LogP contribution is -2.27. The quantitative estimate of drug-likeness (QED) is 0.666. The van der Waals surface area contributed by atoms with Crippen molar-refractivity contribution >= 4 is 39.5 Å². The number of Topliss-reactive ketones (excluding diaryl/α,β-unsaturated/α-hetero) is 1. The Hall–Kier alpha value is -2.55. The van der Waals surface area contributed by atoms with E-state index in [-0.39, 0.29) is 16.3 Å². The number of fused-ring (bicyclic) bond motifs is 1. The van der Waals surface area contributed by atoms with E-state index in [0.29, 0.717) is 16.7 Å². The second-order valence-electron chi connectivity index (χ2n) is 6.24. The molecule has 0 heterocycles. The Labute approximate surface area is 165 Å². The summed E-state index contributed by atoms with van der Waals surface area (Å²) in [5.41, 5.74) is 1.93. The summed E-state index contributed by atoms with van der Waals surface area (Å²) in [7, 11) is -3.97. The number of ketones is 1. The van der Waals surface area contributed by atoms with Crippen LogP contribution in [-0.4, -0.2) is 25.3 Å². The predicted octanol–water partition coefficient (Wildman–Crippen LogP) is 3.11. The molecule has 0 saturated carbocycles. The van der Waals surface area contributed by atoms with Gasteiger partial charge in [0.15, 0.2) is 0 Å². The van der Waals surface area contributed by atoms with Crippen LogP contribution in [0, 0.1) is 5.82 Å². The van der Waals surface area contributed by atoms with Gasteiger partial charge in [-0.2, -0.15) is 4.72 Å². The molecule has 2 N–H and O–H groups in total. The zero-order valence-corrected chi connectivity index (χ0v) is 15.9. The standard InChI is InChI=1S/C19H15ClFNO5S/c20-16-10-13(4-6-17(16)21)28(26,27)22-18-7-5-14-11(2-1-3-15(14)18)8-12(23)9-19(24)25/h1-7,10,18,22H,8-9H2,(H,24,25). The van der Waals surface area contributed by atoms with Crippen LogP contribution in [0.4, 0.5) is 4.39 Å². The highest BCUT2D eigenvalue weighted by Crippen LogP contribution is 2.32. The first-order valence-corrected chi connectivity index (χ1v) is 10.0. The van der Waals surface area contributed by atoms with Gasteiger partial charge >= 0.3 is 5.97 Å². The molecule has 1 unspecified atom stereocenters. The molecule has 1 atom stereocenters. The molecule has 1 aliphatic carbocycles. The Kier molecular flexibility index (Phi) is 5.64. The number of nitrogens with one attached hydrogen (secondary N) is 1. The minimum absolute atomic E-state index is 0.0626. The van der Waals surface area contributed by atoms with Gasteiger partial charge in [0.25, 0.3) is 0 Å². The van der Waals surface area contributed by atoms with Gasteiger partial charge in [-0.3, -0.25) is 9.59 Å². The Bertz CT molecular complexity index is 1100. The summed E-state index contributed by atoms with van der Waals surface area (Å²) >= 11 is 5.67. The number of benzene rings is 2. The molecule has 2 aromatic rings. The van der Waals surface area contributed by atoms with E-state index < -0.39 is 40.1 Å². The molecule has 1 aliphatic rings. The van der Waals surface area contributed by atoms with E-state index in [2.05, 4.69) is 4.72 Å². The van der Waals surface area contributed by atoms with E-state index in [4.69, 9.17) is 16.7 Å². The third-order valence-electron chi connectivity index (χ3n) is 4.24. The van der Waals surface area contributed by atoms with Crippen molar-refractivity contribution in [3.8, 4) is 0 Å². The molecule has 2 aromatic carbocycles.